The van der Waals surface area contributed by atoms with E-state index in [0.717, 1.165) is 86.5 Å². The quantitative estimate of drug-likeness (QED) is 0.133. The molecule has 0 amide bonds. The molecule has 9 rings (SSSR count). The fourth-order valence-corrected chi connectivity index (χ4v) is 8.19. The van der Waals surface area contributed by atoms with Crippen molar-refractivity contribution in [3.05, 3.63) is 268 Å². The summed E-state index contributed by atoms with van der Waals surface area (Å²) in [6, 6.07) is 57.1. The molecule has 9 aromatic rings. The van der Waals surface area contributed by atoms with Crippen molar-refractivity contribution in [3.8, 4) is 0 Å². The van der Waals surface area contributed by atoms with Crippen molar-refractivity contribution in [3.63, 3.8) is 0 Å². The maximum absolute atomic E-state index is 13.3. The van der Waals surface area contributed by atoms with Gasteiger partial charge in [-0.3, -0.25) is 0 Å². The maximum atomic E-state index is 13.3. The second-order valence-electron chi connectivity index (χ2n) is 18.9. The largest absolute Gasteiger partial charge is 0.416 e. The van der Waals surface area contributed by atoms with Gasteiger partial charge in [-0.2, -0.15) is 52.7 Å². The van der Waals surface area contributed by atoms with Crippen LogP contribution in [0.15, 0.2) is 212 Å². The molecule has 79 heavy (non-hydrogen) atoms. The molecule has 0 atom stereocenters. The van der Waals surface area contributed by atoms with Gasteiger partial charge < -0.3 is 14.7 Å². The summed E-state index contributed by atoms with van der Waals surface area (Å²) < 4.78 is 158. The number of anilines is 9. The number of hydrogen-bond donors (Lipinski definition) is 0. The summed E-state index contributed by atoms with van der Waals surface area (Å²) in [7, 11) is 0. The van der Waals surface area contributed by atoms with Gasteiger partial charge in [0.15, 0.2) is 0 Å². The van der Waals surface area contributed by atoms with E-state index in [-0.39, 0.29) is 11.8 Å². The number of halogens is 12. The van der Waals surface area contributed by atoms with Gasteiger partial charge >= 0.3 is 24.7 Å². The zero-order valence-corrected chi connectivity index (χ0v) is 43.6. The highest BCUT2D eigenvalue weighted by atomic mass is 19.4. The van der Waals surface area contributed by atoms with E-state index in [4.69, 9.17) is 0 Å². The Balaban J connectivity index is 0.000000172. The molecular weight excluding hydrogens is 1040 g/mol. The minimum Gasteiger partial charge on any atom is -0.311 e. The number of benzene rings is 9. The van der Waals surface area contributed by atoms with Gasteiger partial charge in [0.25, 0.3) is 0 Å². The minimum atomic E-state index is -4.91. The van der Waals surface area contributed by atoms with Gasteiger partial charge in [-0.15, -0.1) is 0 Å². The molecule has 0 aliphatic rings. The lowest BCUT2D eigenvalue weighted by Gasteiger charge is -2.27. The highest BCUT2D eigenvalue weighted by molar-refractivity contribution is 5.79. The molecule has 0 heterocycles. The Morgan fingerprint density at radius 2 is 0.418 bits per heavy atom. The molecule has 0 N–H and O–H groups in total. The Morgan fingerprint density at radius 1 is 0.203 bits per heavy atom. The van der Waals surface area contributed by atoms with E-state index < -0.39 is 47.0 Å². The first kappa shape index (κ1) is 58.2. The average Bonchev–Trinajstić information content (AvgIpc) is 3.42. The van der Waals surface area contributed by atoms with E-state index in [1.54, 1.807) is 54.6 Å². The van der Waals surface area contributed by atoms with Crippen LogP contribution >= 0.6 is 0 Å². The van der Waals surface area contributed by atoms with Gasteiger partial charge in [-0.1, -0.05) is 112 Å². The van der Waals surface area contributed by atoms with Crippen LogP contribution in [0.3, 0.4) is 0 Å². The summed E-state index contributed by atoms with van der Waals surface area (Å²) in [5.74, 6) is 0. The Bertz CT molecular complexity index is 3230. The van der Waals surface area contributed by atoms with E-state index in [9.17, 15) is 52.7 Å². The molecule has 3 nitrogen and oxygen atoms in total. The molecule has 0 unspecified atom stereocenters. The normalized spacial score (nSPS) is 11.7. The lowest BCUT2D eigenvalue weighted by molar-refractivity contribution is -0.143. The lowest BCUT2D eigenvalue weighted by atomic mass is 10.1. The van der Waals surface area contributed by atoms with Gasteiger partial charge in [0, 0.05) is 51.2 Å². The summed E-state index contributed by atoms with van der Waals surface area (Å²) in [5, 5.41) is 0. The van der Waals surface area contributed by atoms with Gasteiger partial charge in [-0.05, 0) is 175 Å². The maximum Gasteiger partial charge on any atom is 0.416 e. The van der Waals surface area contributed by atoms with E-state index >= 15 is 0 Å². The fourth-order valence-electron chi connectivity index (χ4n) is 8.19. The monoisotopic (exact) mass is 1090 g/mol. The summed E-state index contributed by atoms with van der Waals surface area (Å²) in [6.45, 7) is 11.6. The standard InChI is InChI=1S/C22H17F6N.2C21H18F3N/c1-14-3-7-18(8-4-14)29(19-9-5-15(2)6-10-19)20-12-16(21(23,24)25)11-17(13-20)22(26,27)28;1-15-3-9-18(10-4-15)25(19-11-5-16(2)6-12-19)20-13-7-17(8-14-20)21(22,23)24;1-15-6-10-18(11-7-15)25(19-12-8-16(2)9-13-19)20-5-3-4-17(14-20)21(22,23)24/h3-13H,1-2H3;2*3-14H,1-2H3. The predicted octanol–water partition coefficient (Wildman–Crippen LogP) is 21.4. The van der Waals surface area contributed by atoms with Crippen molar-refractivity contribution in [2.75, 3.05) is 14.7 Å². The molecule has 0 saturated heterocycles. The SMILES string of the molecule is Cc1ccc(N(c2ccc(C)cc2)c2cc(C(F)(F)F)cc(C(F)(F)F)c2)cc1.Cc1ccc(N(c2ccc(C)cc2)c2ccc(C(F)(F)F)cc2)cc1.Cc1ccc(N(c2ccc(C)cc2)c2cccc(C(F)(F)F)c2)cc1. The molecule has 0 saturated carbocycles. The summed E-state index contributed by atoms with van der Waals surface area (Å²) >= 11 is 0. The second kappa shape index (κ2) is 24.1. The Kier molecular flexibility index (Phi) is 17.7. The third-order valence-corrected chi connectivity index (χ3v) is 12.5. The first-order chi connectivity index (χ1) is 37.1. The molecule has 408 valence electrons. The van der Waals surface area contributed by atoms with Crippen LogP contribution in [0.2, 0.25) is 0 Å². The molecule has 0 aromatic heterocycles. The first-order valence-electron chi connectivity index (χ1n) is 24.6. The minimum absolute atomic E-state index is 0.131. The zero-order valence-electron chi connectivity index (χ0n) is 43.6. The summed E-state index contributed by atoms with van der Waals surface area (Å²) in [4.78, 5) is 5.15. The van der Waals surface area contributed by atoms with Crippen LogP contribution in [0.1, 0.15) is 55.6 Å². The number of nitrogens with zero attached hydrogens (tertiary/aromatic N) is 3. The number of aryl methyl sites for hydroxylation is 6. The van der Waals surface area contributed by atoms with Crippen LogP contribution in [-0.4, -0.2) is 0 Å². The van der Waals surface area contributed by atoms with Crippen LogP contribution in [-0.2, 0) is 24.7 Å². The highest BCUT2D eigenvalue weighted by Gasteiger charge is 2.38. The number of hydrogen-bond acceptors (Lipinski definition) is 3. The van der Waals surface area contributed by atoms with Gasteiger partial charge in [0.2, 0.25) is 0 Å². The molecule has 0 bridgehead atoms. The molecule has 15 heteroatoms. The van der Waals surface area contributed by atoms with Crippen molar-refractivity contribution in [1.82, 2.24) is 0 Å². The molecule has 0 spiro atoms. The molecular formula is C64H53F12N3. The van der Waals surface area contributed by atoms with Crippen molar-refractivity contribution >= 4 is 51.2 Å². The van der Waals surface area contributed by atoms with E-state index in [2.05, 4.69) is 0 Å². The van der Waals surface area contributed by atoms with E-state index in [1.807, 2.05) is 148 Å². The van der Waals surface area contributed by atoms with Crippen molar-refractivity contribution in [1.29, 1.82) is 0 Å². The second-order valence-corrected chi connectivity index (χ2v) is 18.9. The fraction of sp³-hybridized carbons (Fsp3) is 0.156. The Morgan fingerprint density at radius 3 is 0.671 bits per heavy atom. The lowest BCUT2D eigenvalue weighted by Crippen LogP contribution is -2.15. The van der Waals surface area contributed by atoms with Crippen molar-refractivity contribution in [2.24, 2.45) is 0 Å². The third kappa shape index (κ3) is 15.4. The van der Waals surface area contributed by atoms with Crippen LogP contribution in [0.5, 0.6) is 0 Å². The molecule has 0 aliphatic heterocycles. The molecule has 0 aliphatic carbocycles. The van der Waals surface area contributed by atoms with Gasteiger partial charge in [-0.25, -0.2) is 0 Å². The van der Waals surface area contributed by atoms with Crippen LogP contribution in [0.4, 0.5) is 104 Å². The van der Waals surface area contributed by atoms with Crippen LogP contribution in [0, 0.1) is 41.5 Å². The Hall–Kier alpha value is -8.46. The van der Waals surface area contributed by atoms with Crippen LogP contribution in [0.25, 0.3) is 0 Å². The molecule has 0 radical (unpaired) electrons. The topological polar surface area (TPSA) is 9.72 Å². The van der Waals surface area contributed by atoms with E-state index in [1.165, 1.54) is 29.2 Å². The summed E-state index contributed by atoms with van der Waals surface area (Å²) in [6.07, 6.45) is -18.5. The van der Waals surface area contributed by atoms with Crippen molar-refractivity contribution in [2.45, 2.75) is 66.2 Å². The third-order valence-electron chi connectivity index (χ3n) is 12.5. The number of alkyl halides is 12. The van der Waals surface area contributed by atoms with Crippen molar-refractivity contribution < 1.29 is 52.7 Å². The molecule has 0 fully saturated rings. The smallest absolute Gasteiger partial charge is 0.311 e. The average molecular weight is 1090 g/mol. The predicted molar refractivity (Wildman–Crippen MR) is 292 cm³/mol. The first-order valence-corrected chi connectivity index (χ1v) is 24.6. The Labute approximate surface area is 451 Å². The molecule has 9 aromatic carbocycles. The van der Waals surface area contributed by atoms with Gasteiger partial charge in [0.05, 0.1) is 22.3 Å². The van der Waals surface area contributed by atoms with Gasteiger partial charge in [0.1, 0.15) is 0 Å². The highest BCUT2D eigenvalue weighted by Crippen LogP contribution is 2.44. The zero-order chi connectivity index (χ0) is 57.5. The number of rotatable bonds is 9. The van der Waals surface area contributed by atoms with E-state index in [0.29, 0.717) is 22.7 Å². The summed E-state index contributed by atoms with van der Waals surface area (Å²) in [5.41, 5.74) is 7.51. The van der Waals surface area contributed by atoms with Crippen LogP contribution < -0.4 is 14.7 Å².